The highest BCUT2D eigenvalue weighted by Crippen LogP contribution is 2.20. The Morgan fingerprint density at radius 2 is 1.62 bits per heavy atom. The second-order valence-electron chi connectivity index (χ2n) is 6.84. The van der Waals surface area contributed by atoms with Crippen molar-refractivity contribution in [1.82, 2.24) is 4.31 Å². The van der Waals surface area contributed by atoms with Gasteiger partial charge in [-0.25, -0.2) is 9.59 Å². The van der Waals surface area contributed by atoms with E-state index in [4.69, 9.17) is 0 Å². The molecule has 1 atom stereocenters. The van der Waals surface area contributed by atoms with Crippen molar-refractivity contribution >= 4 is 42.1 Å². The molecule has 7 nitrogen and oxygen atoms in total. The number of methoxy groups -OCH3 is 1. The lowest BCUT2D eigenvalue weighted by Gasteiger charge is -2.29. The molecule has 0 heterocycles. The van der Waals surface area contributed by atoms with Crippen LogP contribution in [0.4, 0.5) is 16.2 Å². The number of amides is 3. The molecule has 3 amide bonds. The first-order valence-electron chi connectivity index (χ1n) is 9.08. The lowest BCUT2D eigenvalue weighted by molar-refractivity contribution is -0.120. The average molecular weight is 416 g/mol. The molecule has 0 aliphatic rings. The van der Waals surface area contributed by atoms with Crippen molar-refractivity contribution in [2.45, 2.75) is 26.8 Å². The van der Waals surface area contributed by atoms with Crippen LogP contribution in [0.5, 0.6) is 0 Å². The molecule has 29 heavy (non-hydrogen) atoms. The van der Waals surface area contributed by atoms with E-state index in [1.807, 2.05) is 39.0 Å². The number of nitrogens with one attached hydrogen (secondary N) is 2. The van der Waals surface area contributed by atoms with E-state index in [1.165, 1.54) is 19.2 Å². The third kappa shape index (κ3) is 5.74. The van der Waals surface area contributed by atoms with Gasteiger partial charge >= 0.3 is 12.0 Å². The fourth-order valence-electron chi connectivity index (χ4n) is 2.73. The summed E-state index contributed by atoms with van der Waals surface area (Å²) in [7, 11) is 1.30. The van der Waals surface area contributed by atoms with Crippen LogP contribution < -0.4 is 10.6 Å². The molecule has 0 saturated heterocycles. The molecule has 2 aromatic rings. The number of urea groups is 1. The number of aryl methyl sites for hydroxylation is 1. The maximum absolute atomic E-state index is 12.8. The molecule has 0 fully saturated rings. The summed E-state index contributed by atoms with van der Waals surface area (Å²) in [5.74, 6) is -0.976. The standard InChI is InChI=1S/C21H25N3O4S/c1-13(2)18(19(25)23-17-8-6-5-7-14(17)3)24(29)21(27)22-16-11-9-15(10-12-16)20(26)28-4/h5-13,18,29H,1-4H3,(H,22,27)(H,23,25)/t18-/m0/s1. The van der Waals surface area contributed by atoms with Crippen molar-refractivity contribution in [3.63, 3.8) is 0 Å². The molecule has 0 bridgehead atoms. The maximum Gasteiger partial charge on any atom is 0.337 e. The molecule has 2 aromatic carbocycles. The molecular formula is C21H25N3O4S. The minimum absolute atomic E-state index is 0.177. The third-order valence-corrected chi connectivity index (χ3v) is 4.76. The van der Waals surface area contributed by atoms with Crippen LogP contribution in [0, 0.1) is 12.8 Å². The van der Waals surface area contributed by atoms with Gasteiger partial charge in [0, 0.05) is 11.4 Å². The van der Waals surface area contributed by atoms with Crippen LogP contribution in [-0.4, -0.2) is 35.4 Å². The Balaban J connectivity index is 2.10. The van der Waals surface area contributed by atoms with Crippen LogP contribution in [0.15, 0.2) is 48.5 Å². The van der Waals surface area contributed by atoms with Gasteiger partial charge < -0.3 is 15.4 Å². The van der Waals surface area contributed by atoms with Gasteiger partial charge in [0.15, 0.2) is 0 Å². The molecule has 154 valence electrons. The number of hydrogen-bond acceptors (Lipinski definition) is 5. The Kier molecular flexibility index (Phi) is 7.67. The summed E-state index contributed by atoms with van der Waals surface area (Å²) < 4.78 is 5.72. The first-order valence-corrected chi connectivity index (χ1v) is 9.48. The number of para-hydroxylation sites is 1. The summed E-state index contributed by atoms with van der Waals surface area (Å²) in [4.78, 5) is 36.9. The van der Waals surface area contributed by atoms with Crippen molar-refractivity contribution in [2.24, 2.45) is 5.92 Å². The highest BCUT2D eigenvalue weighted by atomic mass is 32.1. The summed E-state index contributed by atoms with van der Waals surface area (Å²) in [5, 5.41) is 5.53. The molecule has 0 radical (unpaired) electrons. The van der Waals surface area contributed by atoms with Crippen LogP contribution in [0.1, 0.15) is 29.8 Å². The van der Waals surface area contributed by atoms with E-state index in [0.29, 0.717) is 16.9 Å². The van der Waals surface area contributed by atoms with Crippen LogP contribution in [-0.2, 0) is 9.53 Å². The van der Waals surface area contributed by atoms with Gasteiger partial charge in [0.1, 0.15) is 6.04 Å². The minimum atomic E-state index is -0.799. The Morgan fingerprint density at radius 3 is 2.17 bits per heavy atom. The number of thiol groups is 1. The number of esters is 1. The number of benzene rings is 2. The Labute approximate surface area is 176 Å². The van der Waals surface area contributed by atoms with Gasteiger partial charge in [0.25, 0.3) is 0 Å². The average Bonchev–Trinajstić information content (AvgIpc) is 2.69. The second-order valence-corrected chi connectivity index (χ2v) is 7.27. The highest BCUT2D eigenvalue weighted by Gasteiger charge is 2.31. The van der Waals surface area contributed by atoms with E-state index in [2.05, 4.69) is 28.2 Å². The van der Waals surface area contributed by atoms with E-state index in [1.54, 1.807) is 18.2 Å². The van der Waals surface area contributed by atoms with Crippen molar-refractivity contribution in [3.8, 4) is 0 Å². The topological polar surface area (TPSA) is 87.7 Å². The van der Waals surface area contributed by atoms with Crippen LogP contribution in [0.25, 0.3) is 0 Å². The molecule has 0 spiro atoms. The molecule has 2 rings (SSSR count). The molecule has 0 aromatic heterocycles. The van der Waals surface area contributed by atoms with Gasteiger partial charge in [-0.2, -0.15) is 0 Å². The fourth-order valence-corrected chi connectivity index (χ4v) is 3.15. The number of nitrogens with zero attached hydrogens (tertiary/aromatic N) is 1. The van der Waals surface area contributed by atoms with Crippen LogP contribution >= 0.6 is 12.8 Å². The quantitative estimate of drug-likeness (QED) is 0.489. The first kappa shape index (κ1) is 22.3. The fraction of sp³-hybridized carbons (Fsp3) is 0.286. The van der Waals surface area contributed by atoms with E-state index in [-0.39, 0.29) is 11.8 Å². The van der Waals surface area contributed by atoms with Gasteiger partial charge in [-0.3, -0.25) is 9.10 Å². The Hall–Kier alpha value is -3.00. The number of rotatable bonds is 6. The number of anilines is 2. The molecule has 0 saturated carbocycles. The summed E-state index contributed by atoms with van der Waals surface area (Å²) >= 11 is 4.28. The molecular weight excluding hydrogens is 390 g/mol. The van der Waals surface area contributed by atoms with E-state index >= 15 is 0 Å². The van der Waals surface area contributed by atoms with Gasteiger partial charge in [-0.1, -0.05) is 44.9 Å². The molecule has 8 heteroatoms. The number of hydrogen-bond donors (Lipinski definition) is 3. The minimum Gasteiger partial charge on any atom is -0.465 e. The number of ether oxygens (including phenoxy) is 1. The normalized spacial score (nSPS) is 11.5. The SMILES string of the molecule is COC(=O)c1ccc(NC(=O)N(S)[C@H](C(=O)Nc2ccccc2C)C(C)C)cc1. The molecule has 0 aliphatic heterocycles. The van der Waals surface area contributed by atoms with E-state index < -0.39 is 18.0 Å². The zero-order valence-electron chi connectivity index (χ0n) is 16.8. The number of carbonyl (C=O) groups excluding carboxylic acids is 3. The third-order valence-electron chi connectivity index (χ3n) is 4.33. The summed E-state index contributed by atoms with van der Waals surface area (Å²) in [6.45, 7) is 5.57. The summed E-state index contributed by atoms with van der Waals surface area (Å²) in [5.41, 5.74) is 2.43. The van der Waals surface area contributed by atoms with Crippen LogP contribution in [0.2, 0.25) is 0 Å². The van der Waals surface area contributed by atoms with Crippen LogP contribution in [0.3, 0.4) is 0 Å². The smallest absolute Gasteiger partial charge is 0.337 e. The maximum atomic E-state index is 12.8. The Morgan fingerprint density at radius 1 is 1.00 bits per heavy atom. The first-order chi connectivity index (χ1) is 13.7. The zero-order valence-corrected chi connectivity index (χ0v) is 17.7. The van der Waals surface area contributed by atoms with E-state index in [9.17, 15) is 14.4 Å². The summed E-state index contributed by atoms with van der Waals surface area (Å²) in [6, 6.07) is 12.3. The van der Waals surface area contributed by atoms with Gasteiger partial charge in [-0.15, -0.1) is 0 Å². The predicted molar refractivity (Wildman–Crippen MR) is 116 cm³/mol. The predicted octanol–water partition coefficient (Wildman–Crippen LogP) is 4.12. The van der Waals surface area contributed by atoms with E-state index in [0.717, 1.165) is 9.87 Å². The highest BCUT2D eigenvalue weighted by molar-refractivity contribution is 7.78. The lowest BCUT2D eigenvalue weighted by Crippen LogP contribution is -2.47. The van der Waals surface area contributed by atoms with Gasteiger partial charge in [0.2, 0.25) is 5.91 Å². The second kappa shape index (κ2) is 9.97. The largest absolute Gasteiger partial charge is 0.465 e. The van der Waals surface area contributed by atoms with Crippen molar-refractivity contribution in [1.29, 1.82) is 0 Å². The molecule has 2 N–H and O–H groups in total. The van der Waals surface area contributed by atoms with Gasteiger partial charge in [0.05, 0.1) is 12.7 Å². The zero-order chi connectivity index (χ0) is 21.6. The monoisotopic (exact) mass is 415 g/mol. The number of carbonyl (C=O) groups is 3. The van der Waals surface area contributed by atoms with Gasteiger partial charge in [-0.05, 0) is 48.7 Å². The molecule has 0 aliphatic carbocycles. The molecule has 0 unspecified atom stereocenters. The lowest BCUT2D eigenvalue weighted by atomic mass is 10.0. The Bertz CT molecular complexity index is 884. The van der Waals surface area contributed by atoms with Crippen molar-refractivity contribution in [3.05, 3.63) is 59.7 Å². The van der Waals surface area contributed by atoms with Crippen molar-refractivity contribution in [2.75, 3.05) is 17.7 Å². The summed E-state index contributed by atoms with van der Waals surface area (Å²) in [6.07, 6.45) is 0. The van der Waals surface area contributed by atoms with Crippen molar-refractivity contribution < 1.29 is 19.1 Å².